The number of hydrogen-bond acceptors (Lipinski definition) is 5. The number of carbonyl (C=O) groups excluding carboxylic acids is 2. The van der Waals surface area contributed by atoms with Crippen molar-refractivity contribution in [3.63, 3.8) is 0 Å². The molecule has 1 amide bonds. The minimum Gasteiger partial charge on any atom is -0.467 e. The van der Waals surface area contributed by atoms with E-state index in [-0.39, 0.29) is 5.91 Å². The maximum atomic E-state index is 12.3. The average Bonchev–Trinajstić information content (AvgIpc) is 2.69. The van der Waals surface area contributed by atoms with Crippen LogP contribution in [0.15, 0.2) is 54.6 Å². The highest BCUT2D eigenvalue weighted by Gasteiger charge is 2.23. The molecule has 6 nitrogen and oxygen atoms in total. The molecule has 1 atom stereocenters. The third-order valence-corrected chi connectivity index (χ3v) is 3.95. The van der Waals surface area contributed by atoms with E-state index in [0.717, 1.165) is 11.0 Å². The van der Waals surface area contributed by atoms with Crippen molar-refractivity contribution in [2.75, 3.05) is 21.3 Å². The molecule has 0 aliphatic carbocycles. The van der Waals surface area contributed by atoms with Crippen LogP contribution >= 0.6 is 0 Å². The van der Waals surface area contributed by atoms with E-state index in [1.807, 2.05) is 30.3 Å². The number of benzene rings is 2. The normalized spacial score (nSPS) is 11.5. The zero-order valence-corrected chi connectivity index (χ0v) is 15.1. The minimum absolute atomic E-state index is 0.316. The highest BCUT2D eigenvalue weighted by Crippen LogP contribution is 2.07. The standard InChI is InChI=1S/C19H22BNO5/c1-24-19(23)17(21-18(22)15-7-5-4-6-8-15)13-14-9-11-16(12-10-14)20(25-2)26-3/h4-12,17H,13H2,1-3H3,(H,21,22)/t17-/m0/s1. The van der Waals surface area contributed by atoms with Gasteiger partial charge >= 0.3 is 13.1 Å². The Kier molecular flexibility index (Phi) is 7.38. The van der Waals surface area contributed by atoms with Crippen LogP contribution in [-0.2, 0) is 25.3 Å². The molecule has 0 saturated heterocycles. The monoisotopic (exact) mass is 355 g/mol. The van der Waals surface area contributed by atoms with E-state index in [0.29, 0.717) is 12.0 Å². The molecule has 2 rings (SSSR count). The largest absolute Gasteiger partial charge is 0.493 e. The van der Waals surface area contributed by atoms with Crippen molar-refractivity contribution in [1.29, 1.82) is 0 Å². The lowest BCUT2D eigenvalue weighted by molar-refractivity contribution is -0.142. The number of carbonyl (C=O) groups is 2. The molecule has 0 heterocycles. The molecule has 7 heteroatoms. The Morgan fingerprint density at radius 1 is 0.962 bits per heavy atom. The molecule has 136 valence electrons. The lowest BCUT2D eigenvalue weighted by Gasteiger charge is -2.17. The van der Waals surface area contributed by atoms with Gasteiger partial charge in [-0.15, -0.1) is 0 Å². The van der Waals surface area contributed by atoms with Gasteiger partial charge in [-0.05, 0) is 23.2 Å². The van der Waals surface area contributed by atoms with E-state index in [1.54, 1.807) is 38.5 Å². The molecule has 0 spiro atoms. The Labute approximate surface area is 153 Å². The van der Waals surface area contributed by atoms with Crippen molar-refractivity contribution >= 4 is 24.5 Å². The molecule has 2 aromatic carbocycles. The Morgan fingerprint density at radius 3 is 2.12 bits per heavy atom. The number of methoxy groups -OCH3 is 1. The summed E-state index contributed by atoms with van der Waals surface area (Å²) in [5.74, 6) is -0.818. The van der Waals surface area contributed by atoms with Crippen LogP contribution in [0.1, 0.15) is 15.9 Å². The third-order valence-electron chi connectivity index (χ3n) is 3.95. The first-order valence-electron chi connectivity index (χ1n) is 8.17. The zero-order valence-electron chi connectivity index (χ0n) is 15.1. The maximum Gasteiger partial charge on any atom is 0.493 e. The molecule has 0 radical (unpaired) electrons. The van der Waals surface area contributed by atoms with Crippen molar-refractivity contribution in [3.8, 4) is 0 Å². The molecular weight excluding hydrogens is 333 g/mol. The lowest BCUT2D eigenvalue weighted by Crippen LogP contribution is -2.43. The van der Waals surface area contributed by atoms with Crippen LogP contribution in [0.2, 0.25) is 0 Å². The summed E-state index contributed by atoms with van der Waals surface area (Å²) in [4.78, 5) is 24.4. The van der Waals surface area contributed by atoms with Gasteiger partial charge in [-0.1, -0.05) is 42.5 Å². The summed E-state index contributed by atoms with van der Waals surface area (Å²) >= 11 is 0. The number of amides is 1. The predicted octanol–water partition coefficient (Wildman–Crippen LogP) is 1.19. The topological polar surface area (TPSA) is 73.9 Å². The molecule has 0 saturated carbocycles. The van der Waals surface area contributed by atoms with Crippen molar-refractivity contribution < 1.29 is 23.6 Å². The van der Waals surface area contributed by atoms with Gasteiger partial charge in [-0.2, -0.15) is 0 Å². The molecule has 0 bridgehead atoms. The number of hydrogen-bond donors (Lipinski definition) is 1. The Hall–Kier alpha value is -2.64. The first-order valence-corrected chi connectivity index (χ1v) is 8.17. The summed E-state index contributed by atoms with van der Waals surface area (Å²) in [5, 5.41) is 2.73. The fourth-order valence-electron chi connectivity index (χ4n) is 2.58. The molecule has 0 fully saturated rings. The Bertz CT molecular complexity index is 716. The minimum atomic E-state index is -0.779. The number of rotatable bonds is 8. The number of nitrogens with one attached hydrogen (secondary N) is 1. The fourth-order valence-corrected chi connectivity index (χ4v) is 2.58. The first-order chi connectivity index (χ1) is 12.6. The van der Waals surface area contributed by atoms with Crippen LogP contribution in [0.25, 0.3) is 0 Å². The van der Waals surface area contributed by atoms with E-state index >= 15 is 0 Å². The van der Waals surface area contributed by atoms with Gasteiger partial charge in [-0.25, -0.2) is 4.79 Å². The predicted molar refractivity (Wildman–Crippen MR) is 99.3 cm³/mol. The van der Waals surface area contributed by atoms with Crippen LogP contribution in [-0.4, -0.2) is 46.4 Å². The molecule has 0 aromatic heterocycles. The summed E-state index contributed by atoms with van der Waals surface area (Å²) in [6, 6.07) is 15.4. The van der Waals surface area contributed by atoms with Gasteiger partial charge in [0.05, 0.1) is 7.11 Å². The molecule has 0 aliphatic heterocycles. The zero-order chi connectivity index (χ0) is 18.9. The molecule has 2 aromatic rings. The summed E-state index contributed by atoms with van der Waals surface area (Å²) in [5.41, 5.74) is 2.23. The molecule has 26 heavy (non-hydrogen) atoms. The van der Waals surface area contributed by atoms with Crippen molar-refractivity contribution in [2.24, 2.45) is 0 Å². The summed E-state index contributed by atoms with van der Waals surface area (Å²) in [6.45, 7) is 0. The van der Waals surface area contributed by atoms with Crippen molar-refractivity contribution in [2.45, 2.75) is 12.5 Å². The molecule has 0 aliphatic rings. The van der Waals surface area contributed by atoms with E-state index in [1.165, 1.54) is 7.11 Å². The maximum absolute atomic E-state index is 12.3. The summed E-state index contributed by atoms with van der Waals surface area (Å²) in [6.07, 6.45) is 0.316. The van der Waals surface area contributed by atoms with Gasteiger partial charge in [0.25, 0.3) is 5.91 Å². The highest BCUT2D eigenvalue weighted by molar-refractivity contribution is 6.61. The van der Waals surface area contributed by atoms with Crippen molar-refractivity contribution in [1.82, 2.24) is 5.32 Å². The Balaban J connectivity index is 2.10. The van der Waals surface area contributed by atoms with Crippen LogP contribution < -0.4 is 10.8 Å². The second-order valence-corrected chi connectivity index (χ2v) is 5.66. The molecular formula is C19H22BNO5. The van der Waals surface area contributed by atoms with E-state index in [9.17, 15) is 9.59 Å². The SMILES string of the molecule is COB(OC)c1ccc(C[C@H](NC(=O)c2ccccc2)C(=O)OC)cc1. The number of esters is 1. The lowest BCUT2D eigenvalue weighted by atomic mass is 9.78. The van der Waals surface area contributed by atoms with Gasteiger partial charge < -0.3 is 19.4 Å². The van der Waals surface area contributed by atoms with Crippen molar-refractivity contribution in [3.05, 3.63) is 65.7 Å². The average molecular weight is 355 g/mol. The van der Waals surface area contributed by atoms with Gasteiger partial charge in [0.1, 0.15) is 6.04 Å². The third kappa shape index (κ3) is 5.18. The highest BCUT2D eigenvalue weighted by atomic mass is 16.6. The van der Waals surface area contributed by atoms with Gasteiger partial charge in [0.2, 0.25) is 0 Å². The van der Waals surface area contributed by atoms with E-state index < -0.39 is 19.1 Å². The summed E-state index contributed by atoms with van der Waals surface area (Å²) in [7, 11) is 3.98. The quantitative estimate of drug-likeness (QED) is 0.569. The smallest absolute Gasteiger partial charge is 0.467 e. The van der Waals surface area contributed by atoms with Gasteiger partial charge in [-0.3, -0.25) is 4.79 Å². The van der Waals surface area contributed by atoms with Gasteiger partial charge in [0, 0.05) is 26.2 Å². The van der Waals surface area contributed by atoms with Gasteiger partial charge in [0.15, 0.2) is 0 Å². The van der Waals surface area contributed by atoms with Crippen LogP contribution in [0.3, 0.4) is 0 Å². The molecule has 0 unspecified atom stereocenters. The Morgan fingerprint density at radius 2 is 1.58 bits per heavy atom. The fraction of sp³-hybridized carbons (Fsp3) is 0.263. The molecule has 1 N–H and O–H groups in total. The van der Waals surface area contributed by atoms with Crippen LogP contribution in [0.4, 0.5) is 0 Å². The number of ether oxygens (including phenoxy) is 1. The first kappa shape index (κ1) is 19.7. The van der Waals surface area contributed by atoms with Crippen LogP contribution in [0.5, 0.6) is 0 Å². The van der Waals surface area contributed by atoms with E-state index in [2.05, 4.69) is 5.32 Å². The van der Waals surface area contributed by atoms with Crippen LogP contribution in [0, 0.1) is 0 Å². The summed E-state index contributed by atoms with van der Waals surface area (Å²) < 4.78 is 15.2. The second kappa shape index (κ2) is 9.75. The second-order valence-electron chi connectivity index (χ2n) is 5.66. The van der Waals surface area contributed by atoms with E-state index in [4.69, 9.17) is 14.0 Å².